The van der Waals surface area contributed by atoms with Crippen LogP contribution in [0.3, 0.4) is 0 Å². The Morgan fingerprint density at radius 3 is 2.46 bits per heavy atom. The van der Waals surface area contributed by atoms with Gasteiger partial charge in [0.25, 0.3) is 0 Å². The van der Waals surface area contributed by atoms with Gasteiger partial charge in [0.05, 0.1) is 6.61 Å². The van der Waals surface area contributed by atoms with E-state index in [0.29, 0.717) is 17.9 Å². The fourth-order valence-corrected chi connectivity index (χ4v) is 3.05. The van der Waals surface area contributed by atoms with E-state index in [2.05, 4.69) is 15.9 Å². The van der Waals surface area contributed by atoms with Gasteiger partial charge in [0.1, 0.15) is 12.4 Å². The summed E-state index contributed by atoms with van der Waals surface area (Å²) in [6.07, 6.45) is 0. The molecule has 2 unspecified atom stereocenters. The molecule has 0 amide bonds. The molecule has 0 aliphatic carbocycles. The van der Waals surface area contributed by atoms with Crippen LogP contribution in [0.4, 0.5) is 0 Å². The quantitative estimate of drug-likeness (QED) is 0.506. The second-order valence-electron chi connectivity index (χ2n) is 5.81. The Kier molecular flexibility index (Phi) is 7.21. The molecule has 0 spiro atoms. The van der Waals surface area contributed by atoms with E-state index >= 15 is 0 Å². The summed E-state index contributed by atoms with van der Waals surface area (Å²) in [5, 5.41) is 9.52. The topological polar surface area (TPSA) is 72.8 Å². The van der Waals surface area contributed by atoms with Gasteiger partial charge in [-0.05, 0) is 36.2 Å². The Morgan fingerprint density at radius 2 is 1.85 bits per heavy atom. The summed E-state index contributed by atoms with van der Waals surface area (Å²) in [4.78, 5) is 23.8. The van der Waals surface area contributed by atoms with E-state index in [1.807, 2.05) is 36.4 Å². The molecule has 0 saturated carbocycles. The summed E-state index contributed by atoms with van der Waals surface area (Å²) < 4.78 is 11.6. The number of aliphatic carboxylic acids is 1. The Labute approximate surface area is 161 Å². The van der Waals surface area contributed by atoms with E-state index < -0.39 is 23.8 Å². The fraction of sp³-hybridized carbons (Fsp3) is 0.300. The molecule has 6 heteroatoms. The number of ether oxygens (including phenoxy) is 2. The van der Waals surface area contributed by atoms with Crippen LogP contribution in [0.5, 0.6) is 5.75 Å². The lowest BCUT2D eigenvalue weighted by Crippen LogP contribution is -2.30. The second-order valence-corrected chi connectivity index (χ2v) is 6.73. The number of carbonyl (C=O) groups is 2. The van der Waals surface area contributed by atoms with Crippen LogP contribution in [0.1, 0.15) is 30.9 Å². The Balaban J connectivity index is 2.29. The highest BCUT2D eigenvalue weighted by Gasteiger charge is 2.35. The minimum absolute atomic E-state index is 0.130. The highest BCUT2D eigenvalue weighted by molar-refractivity contribution is 9.10. The van der Waals surface area contributed by atoms with E-state index in [9.17, 15) is 14.7 Å². The van der Waals surface area contributed by atoms with Gasteiger partial charge in [0, 0.05) is 10.4 Å². The van der Waals surface area contributed by atoms with E-state index in [0.717, 1.165) is 10.0 Å². The number of hydrogen-bond acceptors (Lipinski definition) is 4. The highest BCUT2D eigenvalue weighted by atomic mass is 79.9. The standard InChI is InChI=1S/C20H21BrO5/c1-3-25-20(24)18(19(22)23)13(2)16-11-15(21)9-10-17(16)26-12-14-7-5-4-6-8-14/h4-11,13,18H,3,12H2,1-2H3,(H,22,23). The number of esters is 1. The van der Waals surface area contributed by atoms with Crippen LogP contribution < -0.4 is 4.74 Å². The van der Waals surface area contributed by atoms with Crippen molar-refractivity contribution in [3.63, 3.8) is 0 Å². The summed E-state index contributed by atoms with van der Waals surface area (Å²) in [5.74, 6) is -3.34. The van der Waals surface area contributed by atoms with Gasteiger partial charge in [-0.2, -0.15) is 0 Å². The maximum Gasteiger partial charge on any atom is 0.320 e. The summed E-state index contributed by atoms with van der Waals surface area (Å²) in [7, 11) is 0. The van der Waals surface area contributed by atoms with Crippen LogP contribution in [0.25, 0.3) is 0 Å². The number of hydrogen-bond donors (Lipinski definition) is 1. The maximum atomic E-state index is 12.1. The average Bonchev–Trinajstić information content (AvgIpc) is 2.61. The van der Waals surface area contributed by atoms with Crippen LogP contribution in [-0.2, 0) is 20.9 Å². The zero-order chi connectivity index (χ0) is 19.1. The Bertz CT molecular complexity index is 760. The van der Waals surface area contributed by atoms with Crippen molar-refractivity contribution in [1.82, 2.24) is 0 Å². The van der Waals surface area contributed by atoms with Crippen molar-refractivity contribution in [3.8, 4) is 5.75 Å². The third kappa shape index (κ3) is 5.08. The molecule has 2 aromatic carbocycles. The molecule has 1 N–H and O–H groups in total. The maximum absolute atomic E-state index is 12.1. The van der Waals surface area contributed by atoms with Crippen LogP contribution in [0.15, 0.2) is 53.0 Å². The fourth-order valence-electron chi connectivity index (χ4n) is 2.67. The molecule has 0 aliphatic heterocycles. The van der Waals surface area contributed by atoms with Crippen molar-refractivity contribution >= 4 is 27.9 Å². The van der Waals surface area contributed by atoms with Gasteiger partial charge in [-0.25, -0.2) is 0 Å². The predicted octanol–water partition coefficient (Wildman–Crippen LogP) is 4.40. The largest absolute Gasteiger partial charge is 0.489 e. The van der Waals surface area contributed by atoms with Crippen LogP contribution >= 0.6 is 15.9 Å². The third-order valence-corrected chi connectivity index (χ3v) is 4.50. The molecule has 2 atom stereocenters. The van der Waals surface area contributed by atoms with E-state index in [-0.39, 0.29) is 6.61 Å². The monoisotopic (exact) mass is 420 g/mol. The first-order valence-electron chi connectivity index (χ1n) is 8.29. The smallest absolute Gasteiger partial charge is 0.320 e. The van der Waals surface area contributed by atoms with Crippen LogP contribution in [0.2, 0.25) is 0 Å². The first-order chi connectivity index (χ1) is 12.4. The molecule has 0 radical (unpaired) electrons. The van der Waals surface area contributed by atoms with Crippen molar-refractivity contribution in [2.45, 2.75) is 26.4 Å². The van der Waals surface area contributed by atoms with Gasteiger partial charge >= 0.3 is 11.9 Å². The van der Waals surface area contributed by atoms with Gasteiger partial charge < -0.3 is 14.6 Å². The first-order valence-corrected chi connectivity index (χ1v) is 9.09. The van der Waals surface area contributed by atoms with Crippen LogP contribution in [-0.4, -0.2) is 23.7 Å². The molecule has 26 heavy (non-hydrogen) atoms. The summed E-state index contributed by atoms with van der Waals surface area (Å²) >= 11 is 3.40. The van der Waals surface area contributed by atoms with Gasteiger partial charge in [0.15, 0.2) is 5.92 Å². The van der Waals surface area contributed by atoms with Crippen molar-refractivity contribution in [2.24, 2.45) is 5.92 Å². The first kappa shape index (κ1) is 20.0. The molecular weight excluding hydrogens is 400 g/mol. The molecule has 0 saturated heterocycles. The minimum Gasteiger partial charge on any atom is -0.489 e. The number of carboxylic acid groups (broad SMARTS) is 1. The summed E-state index contributed by atoms with van der Waals surface area (Å²) in [6, 6.07) is 15.0. The van der Waals surface area contributed by atoms with Gasteiger partial charge in [-0.15, -0.1) is 0 Å². The van der Waals surface area contributed by atoms with E-state index in [4.69, 9.17) is 9.47 Å². The molecule has 0 bridgehead atoms. The molecule has 0 fully saturated rings. The molecule has 2 aromatic rings. The van der Waals surface area contributed by atoms with Crippen LogP contribution in [0, 0.1) is 5.92 Å². The normalized spacial score (nSPS) is 12.9. The van der Waals surface area contributed by atoms with Crippen molar-refractivity contribution in [3.05, 3.63) is 64.1 Å². The SMILES string of the molecule is CCOC(=O)C(C(=O)O)C(C)c1cc(Br)ccc1OCc1ccccc1. The lowest BCUT2D eigenvalue weighted by atomic mass is 9.87. The number of benzene rings is 2. The lowest BCUT2D eigenvalue weighted by molar-refractivity contribution is -0.159. The molecule has 0 aliphatic rings. The molecule has 138 valence electrons. The molecule has 5 nitrogen and oxygen atoms in total. The van der Waals surface area contributed by atoms with Crippen molar-refractivity contribution < 1.29 is 24.2 Å². The van der Waals surface area contributed by atoms with Crippen molar-refractivity contribution in [1.29, 1.82) is 0 Å². The number of carboxylic acids is 1. The van der Waals surface area contributed by atoms with Gasteiger partial charge in [-0.1, -0.05) is 53.2 Å². The van der Waals surface area contributed by atoms with Gasteiger partial charge in [-0.3, -0.25) is 9.59 Å². The summed E-state index contributed by atoms with van der Waals surface area (Å²) in [5.41, 5.74) is 1.63. The summed E-state index contributed by atoms with van der Waals surface area (Å²) in [6.45, 7) is 3.81. The third-order valence-electron chi connectivity index (χ3n) is 4.01. The molecule has 0 aromatic heterocycles. The van der Waals surface area contributed by atoms with Crippen molar-refractivity contribution in [2.75, 3.05) is 6.61 Å². The predicted molar refractivity (Wildman–Crippen MR) is 101 cm³/mol. The van der Waals surface area contributed by atoms with E-state index in [1.54, 1.807) is 26.0 Å². The second kappa shape index (κ2) is 9.38. The Hall–Kier alpha value is -2.34. The zero-order valence-corrected chi connectivity index (χ0v) is 16.2. The number of rotatable bonds is 8. The molecule has 0 heterocycles. The minimum atomic E-state index is -1.30. The molecular formula is C20H21BrO5. The average molecular weight is 421 g/mol. The number of carbonyl (C=O) groups excluding carboxylic acids is 1. The Morgan fingerprint density at radius 1 is 1.15 bits per heavy atom. The van der Waals surface area contributed by atoms with E-state index in [1.165, 1.54) is 0 Å². The van der Waals surface area contributed by atoms with Gasteiger partial charge in [0.2, 0.25) is 0 Å². The lowest BCUT2D eigenvalue weighted by Gasteiger charge is -2.22. The highest BCUT2D eigenvalue weighted by Crippen LogP contribution is 2.35. The zero-order valence-electron chi connectivity index (χ0n) is 14.6. The number of halogens is 1. The molecule has 2 rings (SSSR count).